The maximum atomic E-state index is 13.3. The molecule has 2 saturated heterocycles. The van der Waals surface area contributed by atoms with Crippen LogP contribution in [0.3, 0.4) is 0 Å². The number of hydrogen-bond acceptors (Lipinski definition) is 4. The molecule has 1 aromatic heterocycles. The van der Waals surface area contributed by atoms with Crippen molar-refractivity contribution in [2.45, 2.75) is 51.5 Å². The van der Waals surface area contributed by atoms with Crippen molar-refractivity contribution >= 4 is 11.8 Å². The fourth-order valence-electron chi connectivity index (χ4n) is 5.13. The average Bonchev–Trinajstić information content (AvgIpc) is 3.24. The lowest BCUT2D eigenvalue weighted by Gasteiger charge is -2.36. The predicted octanol–water partition coefficient (Wildman–Crippen LogP) is 3.57. The lowest BCUT2D eigenvalue weighted by molar-refractivity contribution is -0.133. The molecule has 1 N–H and O–H groups in total. The van der Waals surface area contributed by atoms with Crippen molar-refractivity contribution in [3.05, 3.63) is 41.7 Å². The third-order valence-corrected chi connectivity index (χ3v) is 7.34. The van der Waals surface area contributed by atoms with Crippen molar-refractivity contribution in [3.8, 4) is 11.4 Å². The molecule has 178 valence electrons. The number of nitrogens with one attached hydrogen (secondary N) is 1. The first kappa shape index (κ1) is 23.5. The van der Waals surface area contributed by atoms with Gasteiger partial charge in [0.2, 0.25) is 5.91 Å². The Balaban J connectivity index is 1.32. The molecule has 1 atom stereocenters. The van der Waals surface area contributed by atoms with Gasteiger partial charge in [0.25, 0.3) is 5.91 Å². The van der Waals surface area contributed by atoms with E-state index < -0.39 is 0 Å². The number of H-pyrrole nitrogens is 1. The van der Waals surface area contributed by atoms with Crippen molar-refractivity contribution < 1.29 is 9.59 Å². The van der Waals surface area contributed by atoms with Crippen LogP contribution in [-0.4, -0.2) is 82.8 Å². The number of carbonyl (C=O) groups excluding carboxylic acids is 2. The Morgan fingerprint density at radius 2 is 1.85 bits per heavy atom. The van der Waals surface area contributed by atoms with Crippen LogP contribution in [0.25, 0.3) is 11.4 Å². The van der Waals surface area contributed by atoms with E-state index in [0.717, 1.165) is 68.8 Å². The Bertz CT molecular complexity index is 949. The maximum Gasteiger partial charge on any atom is 0.274 e. The monoisotopic (exact) mass is 451 g/mol. The van der Waals surface area contributed by atoms with E-state index in [9.17, 15) is 9.59 Å². The first-order valence-corrected chi connectivity index (χ1v) is 12.3. The van der Waals surface area contributed by atoms with E-state index in [0.29, 0.717) is 30.6 Å². The Hall–Kier alpha value is -2.67. The van der Waals surface area contributed by atoms with Crippen LogP contribution in [0, 0.1) is 12.8 Å². The number of aromatic amines is 1. The van der Waals surface area contributed by atoms with E-state index in [1.54, 1.807) is 0 Å². The molecule has 0 spiro atoms. The summed E-state index contributed by atoms with van der Waals surface area (Å²) in [6, 6.07) is 10.2. The molecule has 0 aliphatic carbocycles. The van der Waals surface area contributed by atoms with Gasteiger partial charge in [-0.05, 0) is 65.1 Å². The van der Waals surface area contributed by atoms with Gasteiger partial charge in [-0.3, -0.25) is 9.59 Å². The van der Waals surface area contributed by atoms with E-state index in [1.165, 1.54) is 0 Å². The Morgan fingerprint density at radius 3 is 2.58 bits per heavy atom. The summed E-state index contributed by atoms with van der Waals surface area (Å²) >= 11 is 0. The number of benzene rings is 1. The minimum Gasteiger partial charge on any atom is -0.343 e. The molecule has 2 amide bonds. The number of aryl methyl sites for hydroxylation is 1. The van der Waals surface area contributed by atoms with Crippen LogP contribution >= 0.6 is 0 Å². The summed E-state index contributed by atoms with van der Waals surface area (Å²) in [6.45, 7) is 5.48. The largest absolute Gasteiger partial charge is 0.343 e. The molecule has 0 radical (unpaired) electrons. The topological polar surface area (TPSA) is 72.5 Å². The molecule has 2 fully saturated rings. The zero-order valence-corrected chi connectivity index (χ0v) is 20.2. The SMILES string of the molecule is Cc1[nH]c(-c2ccccc2)nc1C(=O)N1CCCC(CCC(=O)N(C)C2CCN(C)CC2)C1. The number of imidazole rings is 1. The van der Waals surface area contributed by atoms with Gasteiger partial charge in [-0.1, -0.05) is 30.3 Å². The van der Waals surface area contributed by atoms with Crippen LogP contribution < -0.4 is 0 Å². The second-order valence-electron chi connectivity index (χ2n) is 9.76. The fraction of sp³-hybridized carbons (Fsp3) is 0.577. The smallest absolute Gasteiger partial charge is 0.274 e. The molecular weight excluding hydrogens is 414 g/mol. The van der Waals surface area contributed by atoms with Gasteiger partial charge in [-0.25, -0.2) is 4.98 Å². The van der Waals surface area contributed by atoms with Crippen LogP contribution in [0.15, 0.2) is 30.3 Å². The van der Waals surface area contributed by atoms with Crippen LogP contribution in [0.2, 0.25) is 0 Å². The van der Waals surface area contributed by atoms with E-state index in [4.69, 9.17) is 0 Å². The molecule has 0 bridgehead atoms. The first-order chi connectivity index (χ1) is 15.9. The fourth-order valence-corrected chi connectivity index (χ4v) is 5.13. The van der Waals surface area contributed by atoms with E-state index in [1.807, 2.05) is 54.1 Å². The van der Waals surface area contributed by atoms with Crippen molar-refractivity contribution in [2.24, 2.45) is 5.92 Å². The van der Waals surface area contributed by atoms with Crippen LogP contribution in [0.1, 0.15) is 54.7 Å². The molecule has 1 aromatic carbocycles. The Labute approximate surface area is 197 Å². The molecule has 0 saturated carbocycles. The highest BCUT2D eigenvalue weighted by atomic mass is 16.2. The number of carbonyl (C=O) groups is 2. The van der Waals surface area contributed by atoms with Crippen LogP contribution in [0.5, 0.6) is 0 Å². The molecule has 2 aliphatic heterocycles. The summed E-state index contributed by atoms with van der Waals surface area (Å²) in [4.78, 5) is 40.2. The van der Waals surface area contributed by atoms with Gasteiger partial charge >= 0.3 is 0 Å². The molecule has 1 unspecified atom stereocenters. The standard InChI is InChI=1S/C26H37N5O2/c1-19-24(28-25(27-19)21-9-5-4-6-10-21)26(33)31-15-7-8-20(18-31)11-12-23(32)30(3)22-13-16-29(2)17-14-22/h4-6,9-10,20,22H,7-8,11-18H2,1-3H3,(H,27,28). The Kier molecular flexibility index (Phi) is 7.48. The van der Waals surface area contributed by atoms with Crippen molar-refractivity contribution in [2.75, 3.05) is 40.3 Å². The summed E-state index contributed by atoms with van der Waals surface area (Å²) in [7, 11) is 4.10. The van der Waals surface area contributed by atoms with Gasteiger partial charge < -0.3 is 19.7 Å². The minimum atomic E-state index is -0.00889. The number of nitrogens with zero attached hydrogens (tertiary/aromatic N) is 4. The Morgan fingerprint density at radius 1 is 1.12 bits per heavy atom. The molecule has 3 heterocycles. The van der Waals surface area contributed by atoms with Gasteiger partial charge in [-0.2, -0.15) is 0 Å². The lowest BCUT2D eigenvalue weighted by Crippen LogP contribution is -2.45. The molecule has 7 heteroatoms. The summed E-state index contributed by atoms with van der Waals surface area (Å²) in [6.07, 6.45) is 5.56. The number of piperidine rings is 2. The number of hydrogen-bond donors (Lipinski definition) is 1. The second kappa shape index (κ2) is 10.5. The predicted molar refractivity (Wildman–Crippen MR) is 130 cm³/mol. The number of likely N-dealkylation sites (tertiary alicyclic amines) is 2. The second-order valence-corrected chi connectivity index (χ2v) is 9.76. The molecule has 2 aliphatic rings. The van der Waals surface area contributed by atoms with E-state index >= 15 is 0 Å². The van der Waals surface area contributed by atoms with Crippen LogP contribution in [0.4, 0.5) is 0 Å². The van der Waals surface area contributed by atoms with Crippen molar-refractivity contribution in [3.63, 3.8) is 0 Å². The van der Waals surface area contributed by atoms with Gasteiger partial charge in [0.15, 0.2) is 0 Å². The molecule has 7 nitrogen and oxygen atoms in total. The highest BCUT2D eigenvalue weighted by Gasteiger charge is 2.29. The maximum absolute atomic E-state index is 13.3. The molecule has 4 rings (SSSR count). The van der Waals surface area contributed by atoms with E-state index in [-0.39, 0.29) is 11.8 Å². The summed E-state index contributed by atoms with van der Waals surface area (Å²) in [5, 5.41) is 0. The van der Waals surface area contributed by atoms with Crippen molar-refractivity contribution in [1.82, 2.24) is 24.7 Å². The molecule has 33 heavy (non-hydrogen) atoms. The summed E-state index contributed by atoms with van der Waals surface area (Å²) < 4.78 is 0. The molecular formula is C26H37N5O2. The zero-order valence-electron chi connectivity index (χ0n) is 20.2. The number of amides is 2. The third-order valence-electron chi connectivity index (χ3n) is 7.34. The van der Waals surface area contributed by atoms with Gasteiger partial charge in [0.05, 0.1) is 0 Å². The van der Waals surface area contributed by atoms with E-state index in [2.05, 4.69) is 21.9 Å². The quantitative estimate of drug-likeness (QED) is 0.729. The highest BCUT2D eigenvalue weighted by Crippen LogP contribution is 2.25. The van der Waals surface area contributed by atoms with Gasteiger partial charge in [0, 0.05) is 43.9 Å². The minimum absolute atomic E-state index is 0.00889. The summed E-state index contributed by atoms with van der Waals surface area (Å²) in [5.41, 5.74) is 2.28. The lowest BCUT2D eigenvalue weighted by atomic mass is 9.92. The van der Waals surface area contributed by atoms with Crippen LogP contribution in [-0.2, 0) is 4.79 Å². The third kappa shape index (κ3) is 5.64. The number of rotatable bonds is 6. The zero-order chi connectivity index (χ0) is 23.4. The van der Waals surface area contributed by atoms with Gasteiger partial charge in [-0.15, -0.1) is 0 Å². The van der Waals surface area contributed by atoms with Crippen molar-refractivity contribution in [1.29, 1.82) is 0 Å². The number of aromatic nitrogens is 2. The normalized spacial score (nSPS) is 20.1. The summed E-state index contributed by atoms with van der Waals surface area (Å²) in [5.74, 6) is 1.33. The molecule has 2 aromatic rings. The average molecular weight is 452 g/mol. The first-order valence-electron chi connectivity index (χ1n) is 12.3. The van der Waals surface area contributed by atoms with Gasteiger partial charge in [0.1, 0.15) is 11.5 Å². The highest BCUT2D eigenvalue weighted by molar-refractivity contribution is 5.94.